The Balaban J connectivity index is 1.31. The molecule has 0 radical (unpaired) electrons. The fourth-order valence-electron chi connectivity index (χ4n) is 3.98. The van der Waals surface area contributed by atoms with Crippen LogP contribution >= 0.6 is 0 Å². The SMILES string of the molecule is Cc1cccc(-c2cccc(N3CCC(NCCc4ncnn4C)CC3)c2)c1. The monoisotopic (exact) mass is 375 g/mol. The highest BCUT2D eigenvalue weighted by Crippen LogP contribution is 2.27. The van der Waals surface area contributed by atoms with Crippen molar-refractivity contribution in [1.29, 1.82) is 0 Å². The summed E-state index contributed by atoms with van der Waals surface area (Å²) in [6.07, 6.45) is 4.90. The third-order valence-electron chi connectivity index (χ3n) is 5.64. The summed E-state index contributed by atoms with van der Waals surface area (Å²) in [6.45, 7) is 5.30. The Bertz CT molecular complexity index is 909. The van der Waals surface area contributed by atoms with E-state index >= 15 is 0 Å². The van der Waals surface area contributed by atoms with Gasteiger partial charge in [0.1, 0.15) is 12.2 Å². The molecule has 0 amide bonds. The maximum atomic E-state index is 4.29. The van der Waals surface area contributed by atoms with Crippen LogP contribution in [0, 0.1) is 6.92 Å². The van der Waals surface area contributed by atoms with Gasteiger partial charge in [-0.15, -0.1) is 0 Å². The first-order chi connectivity index (χ1) is 13.7. The summed E-state index contributed by atoms with van der Waals surface area (Å²) in [6, 6.07) is 18.3. The van der Waals surface area contributed by atoms with E-state index in [-0.39, 0.29) is 0 Å². The number of piperidine rings is 1. The normalized spacial score (nSPS) is 15.1. The highest BCUT2D eigenvalue weighted by atomic mass is 15.3. The number of benzene rings is 2. The zero-order valence-corrected chi connectivity index (χ0v) is 16.8. The first kappa shape index (κ1) is 18.7. The van der Waals surface area contributed by atoms with Crippen LogP contribution in [0.25, 0.3) is 11.1 Å². The summed E-state index contributed by atoms with van der Waals surface area (Å²) in [5.41, 5.74) is 5.22. The second-order valence-electron chi connectivity index (χ2n) is 7.69. The Morgan fingerprint density at radius 2 is 1.79 bits per heavy atom. The topological polar surface area (TPSA) is 46.0 Å². The van der Waals surface area contributed by atoms with Crippen LogP contribution in [0.1, 0.15) is 24.2 Å². The molecule has 1 aliphatic rings. The van der Waals surface area contributed by atoms with Crippen molar-refractivity contribution in [2.75, 3.05) is 24.5 Å². The van der Waals surface area contributed by atoms with E-state index in [2.05, 4.69) is 75.8 Å². The third kappa shape index (κ3) is 4.42. The highest BCUT2D eigenvalue weighted by Gasteiger charge is 2.19. The lowest BCUT2D eigenvalue weighted by molar-refractivity contribution is 0.415. The molecule has 2 aromatic carbocycles. The summed E-state index contributed by atoms with van der Waals surface area (Å²) < 4.78 is 1.85. The summed E-state index contributed by atoms with van der Waals surface area (Å²) in [7, 11) is 1.95. The van der Waals surface area contributed by atoms with Gasteiger partial charge in [-0.05, 0) is 43.0 Å². The van der Waals surface area contributed by atoms with Crippen molar-refractivity contribution >= 4 is 5.69 Å². The fourth-order valence-corrected chi connectivity index (χ4v) is 3.98. The van der Waals surface area contributed by atoms with Crippen molar-refractivity contribution in [3.8, 4) is 11.1 Å². The van der Waals surface area contributed by atoms with Gasteiger partial charge < -0.3 is 10.2 Å². The molecule has 3 aromatic rings. The minimum atomic E-state index is 0.587. The largest absolute Gasteiger partial charge is 0.371 e. The Hall–Kier alpha value is -2.66. The smallest absolute Gasteiger partial charge is 0.138 e. The molecule has 2 heterocycles. The Labute approximate surface area is 167 Å². The van der Waals surface area contributed by atoms with E-state index < -0.39 is 0 Å². The molecule has 1 N–H and O–H groups in total. The van der Waals surface area contributed by atoms with Gasteiger partial charge in [0.05, 0.1) is 0 Å². The van der Waals surface area contributed by atoms with E-state index in [1.165, 1.54) is 35.2 Å². The molecule has 5 nitrogen and oxygen atoms in total. The summed E-state index contributed by atoms with van der Waals surface area (Å²) >= 11 is 0. The lowest BCUT2D eigenvalue weighted by Crippen LogP contribution is -2.43. The quantitative estimate of drug-likeness (QED) is 0.715. The van der Waals surface area contributed by atoms with Crippen LogP contribution in [0.3, 0.4) is 0 Å². The minimum absolute atomic E-state index is 0.587. The maximum Gasteiger partial charge on any atom is 0.138 e. The molecule has 0 bridgehead atoms. The first-order valence-electron chi connectivity index (χ1n) is 10.2. The number of rotatable bonds is 6. The van der Waals surface area contributed by atoms with Gasteiger partial charge in [0.2, 0.25) is 0 Å². The third-order valence-corrected chi connectivity index (χ3v) is 5.64. The molecular weight excluding hydrogens is 346 g/mol. The fraction of sp³-hybridized carbons (Fsp3) is 0.391. The van der Waals surface area contributed by atoms with Crippen molar-refractivity contribution in [1.82, 2.24) is 20.1 Å². The van der Waals surface area contributed by atoms with Gasteiger partial charge in [0, 0.05) is 44.8 Å². The molecule has 146 valence electrons. The van der Waals surface area contributed by atoms with Gasteiger partial charge in [-0.1, -0.05) is 42.0 Å². The standard InChI is InChI=1S/C23H29N5/c1-18-5-3-6-19(15-18)20-7-4-8-22(16-20)28-13-10-21(11-14-28)24-12-9-23-25-17-26-27(23)2/h3-8,15-17,21,24H,9-14H2,1-2H3. The van der Waals surface area contributed by atoms with Crippen molar-refractivity contribution in [3.63, 3.8) is 0 Å². The van der Waals surface area contributed by atoms with Crippen molar-refractivity contribution in [2.24, 2.45) is 7.05 Å². The molecule has 0 saturated carbocycles. The molecule has 0 aliphatic carbocycles. The number of aryl methyl sites for hydroxylation is 2. The van der Waals surface area contributed by atoms with Crippen LogP contribution in [0.2, 0.25) is 0 Å². The van der Waals surface area contributed by atoms with Crippen LogP contribution in [0.4, 0.5) is 5.69 Å². The predicted molar refractivity (Wildman–Crippen MR) is 115 cm³/mol. The lowest BCUT2D eigenvalue weighted by Gasteiger charge is -2.34. The van der Waals surface area contributed by atoms with E-state index in [9.17, 15) is 0 Å². The van der Waals surface area contributed by atoms with E-state index in [1.807, 2.05) is 11.7 Å². The molecule has 0 spiro atoms. The maximum absolute atomic E-state index is 4.29. The molecular formula is C23H29N5. The lowest BCUT2D eigenvalue weighted by atomic mass is 10.0. The molecule has 4 rings (SSSR count). The Morgan fingerprint density at radius 1 is 1.04 bits per heavy atom. The van der Waals surface area contributed by atoms with E-state index in [0.717, 1.165) is 31.9 Å². The van der Waals surface area contributed by atoms with E-state index in [4.69, 9.17) is 0 Å². The van der Waals surface area contributed by atoms with Crippen molar-refractivity contribution in [3.05, 3.63) is 66.2 Å². The number of hydrogen-bond donors (Lipinski definition) is 1. The Kier molecular flexibility index (Phi) is 5.72. The van der Waals surface area contributed by atoms with Gasteiger partial charge >= 0.3 is 0 Å². The van der Waals surface area contributed by atoms with Crippen LogP contribution in [0.5, 0.6) is 0 Å². The van der Waals surface area contributed by atoms with E-state index in [0.29, 0.717) is 6.04 Å². The van der Waals surface area contributed by atoms with Gasteiger partial charge in [0.25, 0.3) is 0 Å². The second kappa shape index (κ2) is 8.57. The van der Waals surface area contributed by atoms with Crippen molar-refractivity contribution in [2.45, 2.75) is 32.2 Å². The highest BCUT2D eigenvalue weighted by molar-refractivity contribution is 5.69. The predicted octanol–water partition coefficient (Wildman–Crippen LogP) is 3.59. The number of anilines is 1. The molecule has 0 unspecified atom stereocenters. The van der Waals surface area contributed by atoms with Crippen LogP contribution < -0.4 is 10.2 Å². The van der Waals surface area contributed by atoms with Gasteiger partial charge in [-0.25, -0.2) is 4.98 Å². The zero-order valence-electron chi connectivity index (χ0n) is 16.8. The van der Waals surface area contributed by atoms with Crippen LogP contribution in [-0.4, -0.2) is 40.4 Å². The molecule has 0 atom stereocenters. The molecule has 1 fully saturated rings. The van der Waals surface area contributed by atoms with Crippen LogP contribution in [-0.2, 0) is 13.5 Å². The first-order valence-corrected chi connectivity index (χ1v) is 10.2. The zero-order chi connectivity index (χ0) is 19.3. The molecule has 1 aliphatic heterocycles. The number of nitrogens with one attached hydrogen (secondary N) is 1. The van der Waals surface area contributed by atoms with E-state index in [1.54, 1.807) is 6.33 Å². The molecule has 1 saturated heterocycles. The summed E-state index contributed by atoms with van der Waals surface area (Å²) in [5, 5.41) is 7.83. The molecule has 1 aromatic heterocycles. The van der Waals surface area contributed by atoms with Gasteiger partial charge in [-0.3, -0.25) is 4.68 Å². The van der Waals surface area contributed by atoms with Gasteiger partial charge in [-0.2, -0.15) is 5.10 Å². The minimum Gasteiger partial charge on any atom is -0.371 e. The average molecular weight is 376 g/mol. The number of hydrogen-bond acceptors (Lipinski definition) is 4. The van der Waals surface area contributed by atoms with Crippen LogP contribution in [0.15, 0.2) is 54.9 Å². The molecule has 5 heteroatoms. The Morgan fingerprint density at radius 3 is 2.50 bits per heavy atom. The summed E-state index contributed by atoms with van der Waals surface area (Å²) in [5.74, 6) is 1.04. The number of aromatic nitrogens is 3. The number of nitrogens with zero attached hydrogens (tertiary/aromatic N) is 4. The summed E-state index contributed by atoms with van der Waals surface area (Å²) in [4.78, 5) is 6.81. The second-order valence-corrected chi connectivity index (χ2v) is 7.69. The average Bonchev–Trinajstić information content (AvgIpc) is 3.13. The molecule has 28 heavy (non-hydrogen) atoms. The van der Waals surface area contributed by atoms with Crippen molar-refractivity contribution < 1.29 is 0 Å². The van der Waals surface area contributed by atoms with Gasteiger partial charge in [0.15, 0.2) is 0 Å².